The normalized spacial score (nSPS) is 12.7. The molecule has 6 heteroatoms. The zero-order chi connectivity index (χ0) is 15.4. The highest BCUT2D eigenvalue weighted by molar-refractivity contribution is 5.31. The van der Waals surface area contributed by atoms with Crippen molar-refractivity contribution in [1.29, 1.82) is 0 Å². The number of halogens is 1. The quantitative estimate of drug-likeness (QED) is 0.633. The fourth-order valence-corrected chi connectivity index (χ4v) is 2.16. The summed E-state index contributed by atoms with van der Waals surface area (Å²) in [4.78, 5) is 0. The van der Waals surface area contributed by atoms with Crippen LogP contribution >= 0.6 is 0 Å². The minimum Gasteiger partial charge on any atom is -0.497 e. The highest BCUT2D eigenvalue weighted by Gasteiger charge is 2.17. The number of nitrogens with one attached hydrogen (secondary N) is 1. The molecule has 5 nitrogen and oxygen atoms in total. The van der Waals surface area contributed by atoms with Crippen LogP contribution < -0.4 is 16.0 Å². The van der Waals surface area contributed by atoms with Crippen molar-refractivity contribution < 1.29 is 9.13 Å². The Morgan fingerprint density at radius 2 is 2.14 bits per heavy atom. The lowest BCUT2D eigenvalue weighted by atomic mass is 10.0. The Morgan fingerprint density at radius 3 is 2.67 bits per heavy atom. The number of nitrogens with two attached hydrogens (primary N) is 1. The molecular formula is C15H21FN4O. The van der Waals surface area contributed by atoms with Gasteiger partial charge in [0.2, 0.25) is 0 Å². The molecule has 0 saturated carbocycles. The fourth-order valence-electron chi connectivity index (χ4n) is 2.16. The minimum atomic E-state index is -0.347. The molecule has 1 aromatic heterocycles. The molecule has 0 saturated heterocycles. The first-order valence-electron chi connectivity index (χ1n) is 6.88. The monoisotopic (exact) mass is 292 g/mol. The van der Waals surface area contributed by atoms with Crippen molar-refractivity contribution in [1.82, 2.24) is 15.2 Å². The molecule has 114 valence electrons. The van der Waals surface area contributed by atoms with E-state index in [1.165, 1.54) is 13.2 Å². The van der Waals surface area contributed by atoms with Crippen molar-refractivity contribution in [3.05, 3.63) is 47.5 Å². The molecule has 0 bridgehead atoms. The van der Waals surface area contributed by atoms with Crippen LogP contribution in [0.25, 0.3) is 0 Å². The summed E-state index contributed by atoms with van der Waals surface area (Å²) in [6.07, 6.45) is 2.43. The molecule has 1 heterocycles. The Hall–Kier alpha value is -1.92. The Balaban J connectivity index is 2.19. The summed E-state index contributed by atoms with van der Waals surface area (Å²) in [5, 5.41) is 4.46. The number of aromatic nitrogens is 2. The highest BCUT2D eigenvalue weighted by atomic mass is 19.1. The van der Waals surface area contributed by atoms with Gasteiger partial charge in [-0.3, -0.25) is 16.0 Å². The topological polar surface area (TPSA) is 65.1 Å². The summed E-state index contributed by atoms with van der Waals surface area (Å²) in [5.74, 6) is 5.71. The molecule has 0 aliphatic heterocycles. The number of ether oxygens (including phenoxy) is 1. The Kier molecular flexibility index (Phi) is 4.93. The molecule has 1 atom stereocenters. The van der Waals surface area contributed by atoms with Gasteiger partial charge in [-0.1, -0.05) is 6.07 Å². The van der Waals surface area contributed by atoms with Gasteiger partial charge in [-0.15, -0.1) is 0 Å². The minimum absolute atomic E-state index is 0.292. The van der Waals surface area contributed by atoms with Crippen LogP contribution in [0.3, 0.4) is 0 Å². The van der Waals surface area contributed by atoms with E-state index in [9.17, 15) is 4.39 Å². The van der Waals surface area contributed by atoms with Crippen molar-refractivity contribution >= 4 is 0 Å². The van der Waals surface area contributed by atoms with E-state index in [0.717, 1.165) is 5.69 Å². The molecule has 0 spiro atoms. The average Bonchev–Trinajstić information content (AvgIpc) is 2.94. The van der Waals surface area contributed by atoms with Gasteiger partial charge in [0, 0.05) is 30.3 Å². The van der Waals surface area contributed by atoms with Crippen LogP contribution in [-0.4, -0.2) is 16.9 Å². The van der Waals surface area contributed by atoms with Crippen molar-refractivity contribution in [2.24, 2.45) is 5.84 Å². The lowest BCUT2D eigenvalue weighted by Crippen LogP contribution is -2.30. The highest BCUT2D eigenvalue weighted by Crippen LogP contribution is 2.24. The fraction of sp³-hybridized carbons (Fsp3) is 0.400. The van der Waals surface area contributed by atoms with Gasteiger partial charge in [-0.05, 0) is 26.0 Å². The third-order valence-corrected chi connectivity index (χ3v) is 3.39. The van der Waals surface area contributed by atoms with Crippen molar-refractivity contribution in [3.8, 4) is 5.75 Å². The number of rotatable bonds is 6. The lowest BCUT2D eigenvalue weighted by molar-refractivity contribution is 0.409. The summed E-state index contributed by atoms with van der Waals surface area (Å²) in [6, 6.07) is 6.62. The van der Waals surface area contributed by atoms with Crippen molar-refractivity contribution in [2.75, 3.05) is 7.11 Å². The molecule has 3 N–H and O–H groups in total. The molecule has 0 aliphatic carbocycles. The van der Waals surface area contributed by atoms with Gasteiger partial charge in [0.25, 0.3) is 0 Å². The van der Waals surface area contributed by atoms with Gasteiger partial charge >= 0.3 is 0 Å². The molecule has 0 amide bonds. The Morgan fingerprint density at radius 1 is 1.38 bits per heavy atom. The Bertz CT molecular complexity index is 597. The second-order valence-corrected chi connectivity index (χ2v) is 5.19. The summed E-state index contributed by atoms with van der Waals surface area (Å²) < 4.78 is 21.0. The van der Waals surface area contributed by atoms with Gasteiger partial charge in [0.15, 0.2) is 0 Å². The zero-order valence-corrected chi connectivity index (χ0v) is 12.5. The van der Waals surface area contributed by atoms with Crippen molar-refractivity contribution in [3.63, 3.8) is 0 Å². The van der Waals surface area contributed by atoms with E-state index in [1.54, 1.807) is 12.1 Å². The molecule has 2 rings (SSSR count). The van der Waals surface area contributed by atoms with E-state index < -0.39 is 0 Å². The van der Waals surface area contributed by atoms with E-state index in [-0.39, 0.29) is 11.9 Å². The molecule has 2 aromatic rings. The number of benzene rings is 1. The summed E-state index contributed by atoms with van der Waals surface area (Å²) in [7, 11) is 1.51. The van der Waals surface area contributed by atoms with Gasteiger partial charge < -0.3 is 4.74 Å². The van der Waals surface area contributed by atoms with Crippen LogP contribution in [0.15, 0.2) is 30.5 Å². The zero-order valence-electron chi connectivity index (χ0n) is 12.5. The van der Waals surface area contributed by atoms with Gasteiger partial charge in [-0.25, -0.2) is 4.39 Å². The first-order valence-corrected chi connectivity index (χ1v) is 6.88. The van der Waals surface area contributed by atoms with Gasteiger partial charge in [-0.2, -0.15) is 5.10 Å². The Labute approximate surface area is 123 Å². The summed E-state index contributed by atoms with van der Waals surface area (Å²) in [5.41, 5.74) is 4.01. The van der Waals surface area contributed by atoms with E-state index in [0.29, 0.717) is 23.8 Å². The number of hydrogen-bond acceptors (Lipinski definition) is 4. The maximum atomic E-state index is 14.1. The number of hydrogen-bond donors (Lipinski definition) is 2. The summed E-state index contributed by atoms with van der Waals surface area (Å²) >= 11 is 0. The van der Waals surface area contributed by atoms with Gasteiger partial charge in [0.1, 0.15) is 11.6 Å². The molecule has 0 radical (unpaired) electrons. The van der Waals surface area contributed by atoms with E-state index >= 15 is 0 Å². The molecule has 1 unspecified atom stereocenters. The predicted molar refractivity (Wildman–Crippen MR) is 79.3 cm³/mol. The third-order valence-electron chi connectivity index (χ3n) is 3.39. The first kappa shape index (κ1) is 15.5. The number of nitrogens with zero attached hydrogens (tertiary/aromatic N) is 2. The van der Waals surface area contributed by atoms with Crippen LogP contribution in [0, 0.1) is 5.82 Å². The van der Waals surface area contributed by atoms with Crippen LogP contribution in [0.5, 0.6) is 5.75 Å². The smallest absolute Gasteiger partial charge is 0.131 e. The van der Waals surface area contributed by atoms with Crippen LogP contribution in [0.1, 0.15) is 37.2 Å². The SMILES string of the molecule is COc1ccc(C(Cc2ccn(C(C)C)n2)NN)c(F)c1. The largest absolute Gasteiger partial charge is 0.497 e. The molecule has 1 aromatic carbocycles. The van der Waals surface area contributed by atoms with Crippen LogP contribution in [0.4, 0.5) is 4.39 Å². The molecule has 21 heavy (non-hydrogen) atoms. The summed E-state index contributed by atoms with van der Waals surface area (Å²) in [6.45, 7) is 4.11. The van der Waals surface area contributed by atoms with E-state index in [2.05, 4.69) is 24.4 Å². The van der Waals surface area contributed by atoms with Crippen LogP contribution in [0.2, 0.25) is 0 Å². The van der Waals surface area contributed by atoms with Crippen molar-refractivity contribution in [2.45, 2.75) is 32.4 Å². The molecule has 0 fully saturated rings. The lowest BCUT2D eigenvalue weighted by Gasteiger charge is -2.16. The predicted octanol–water partition coefficient (Wildman–Crippen LogP) is 2.36. The number of methoxy groups -OCH3 is 1. The average molecular weight is 292 g/mol. The second kappa shape index (κ2) is 6.69. The van der Waals surface area contributed by atoms with E-state index in [4.69, 9.17) is 10.6 Å². The van der Waals surface area contributed by atoms with Gasteiger partial charge in [0.05, 0.1) is 18.8 Å². The third kappa shape index (κ3) is 3.59. The maximum absolute atomic E-state index is 14.1. The number of hydrazine groups is 1. The standard InChI is InChI=1S/C15H21FN4O/c1-10(2)20-7-6-11(19-20)8-15(18-17)13-5-4-12(21-3)9-14(13)16/h4-7,9-10,15,18H,8,17H2,1-3H3. The van der Waals surface area contributed by atoms with Crippen LogP contribution in [-0.2, 0) is 6.42 Å². The maximum Gasteiger partial charge on any atom is 0.131 e. The molecular weight excluding hydrogens is 271 g/mol. The van der Waals surface area contributed by atoms with E-state index in [1.807, 2.05) is 16.9 Å². The second-order valence-electron chi connectivity index (χ2n) is 5.19. The first-order chi connectivity index (χ1) is 10.0. The molecule has 0 aliphatic rings.